The van der Waals surface area contributed by atoms with Crippen molar-refractivity contribution in [3.05, 3.63) is 34.9 Å². The Morgan fingerprint density at radius 1 is 1.41 bits per heavy atom. The molecule has 0 radical (unpaired) electrons. The van der Waals surface area contributed by atoms with Gasteiger partial charge in [0.05, 0.1) is 0 Å². The van der Waals surface area contributed by atoms with Gasteiger partial charge in [0, 0.05) is 23.6 Å². The molecule has 0 aliphatic heterocycles. The number of carbonyl (C=O) groups excluding carboxylic acids is 1. The second-order valence-electron chi connectivity index (χ2n) is 3.39. The van der Waals surface area contributed by atoms with Crippen LogP contribution in [0.25, 0.3) is 0 Å². The first-order valence-electron chi connectivity index (χ1n) is 4.94. The lowest BCUT2D eigenvalue weighted by atomic mass is 10.1. The van der Waals surface area contributed by atoms with Crippen molar-refractivity contribution in [3.63, 3.8) is 0 Å². The number of carbonyl (C=O) groups is 2. The normalized spacial score (nSPS) is 11.9. The predicted octanol–water partition coefficient (Wildman–Crippen LogP) is 0.905. The first-order chi connectivity index (χ1) is 8.04. The van der Waals surface area contributed by atoms with Crippen LogP contribution in [0.3, 0.4) is 0 Å². The molecule has 17 heavy (non-hydrogen) atoms. The van der Waals surface area contributed by atoms with Gasteiger partial charge in [0.2, 0.25) is 0 Å². The molecule has 0 saturated heterocycles. The van der Waals surface area contributed by atoms with E-state index in [1.165, 1.54) is 12.1 Å². The van der Waals surface area contributed by atoms with Gasteiger partial charge in [-0.2, -0.15) is 0 Å². The van der Waals surface area contributed by atoms with Gasteiger partial charge in [0.25, 0.3) is 5.91 Å². The van der Waals surface area contributed by atoms with Gasteiger partial charge in [-0.1, -0.05) is 17.7 Å². The largest absolute Gasteiger partial charge is 0.480 e. The van der Waals surface area contributed by atoms with Crippen molar-refractivity contribution >= 4 is 23.5 Å². The van der Waals surface area contributed by atoms with Crippen molar-refractivity contribution in [2.75, 3.05) is 6.61 Å². The molecule has 0 aliphatic rings. The molecule has 0 aromatic heterocycles. The van der Waals surface area contributed by atoms with Crippen LogP contribution in [0.15, 0.2) is 24.3 Å². The molecule has 3 N–H and O–H groups in total. The maximum atomic E-state index is 11.7. The van der Waals surface area contributed by atoms with Crippen LogP contribution < -0.4 is 5.32 Å². The van der Waals surface area contributed by atoms with Gasteiger partial charge in [-0.15, -0.1) is 0 Å². The van der Waals surface area contributed by atoms with Gasteiger partial charge < -0.3 is 15.5 Å². The van der Waals surface area contributed by atoms with Gasteiger partial charge >= 0.3 is 5.97 Å². The fraction of sp³-hybridized carbons (Fsp3) is 0.273. The van der Waals surface area contributed by atoms with E-state index in [2.05, 4.69) is 5.32 Å². The number of hydrogen-bond donors (Lipinski definition) is 3. The minimum absolute atomic E-state index is 0.0400. The number of carboxylic acids is 1. The minimum Gasteiger partial charge on any atom is -0.480 e. The summed E-state index contributed by atoms with van der Waals surface area (Å²) in [6, 6.07) is 5.07. The van der Waals surface area contributed by atoms with Crippen LogP contribution in [0, 0.1) is 0 Å². The van der Waals surface area contributed by atoms with Crippen molar-refractivity contribution < 1.29 is 19.8 Å². The molecule has 0 aliphatic carbocycles. The highest BCUT2D eigenvalue weighted by Gasteiger charge is 2.19. The molecule has 0 heterocycles. The SMILES string of the molecule is O=C(N[C@@H](CCO)C(=O)O)c1cccc(Cl)c1. The summed E-state index contributed by atoms with van der Waals surface area (Å²) in [5.41, 5.74) is 0.279. The van der Waals surface area contributed by atoms with E-state index in [1.54, 1.807) is 12.1 Å². The van der Waals surface area contributed by atoms with E-state index in [0.29, 0.717) is 5.02 Å². The lowest BCUT2D eigenvalue weighted by Gasteiger charge is -2.13. The summed E-state index contributed by atoms with van der Waals surface area (Å²) in [6.45, 7) is -0.313. The van der Waals surface area contributed by atoms with E-state index >= 15 is 0 Å². The van der Waals surface area contributed by atoms with E-state index in [4.69, 9.17) is 21.8 Å². The van der Waals surface area contributed by atoms with Crippen LogP contribution in [0.1, 0.15) is 16.8 Å². The number of rotatable bonds is 5. The Kier molecular flexibility index (Phi) is 4.93. The van der Waals surface area contributed by atoms with Crippen LogP contribution in [-0.4, -0.2) is 34.7 Å². The Labute approximate surface area is 103 Å². The summed E-state index contributed by atoms with van der Waals surface area (Å²) in [7, 11) is 0. The monoisotopic (exact) mass is 257 g/mol. The minimum atomic E-state index is -1.19. The van der Waals surface area contributed by atoms with Crippen molar-refractivity contribution in [3.8, 4) is 0 Å². The molecule has 1 aromatic rings. The zero-order valence-electron chi connectivity index (χ0n) is 8.89. The van der Waals surface area contributed by atoms with Crippen molar-refractivity contribution in [1.29, 1.82) is 0 Å². The topological polar surface area (TPSA) is 86.6 Å². The van der Waals surface area contributed by atoms with Gasteiger partial charge in [-0.05, 0) is 18.2 Å². The number of benzene rings is 1. The molecule has 1 amide bonds. The molecule has 1 aromatic carbocycles. The first-order valence-corrected chi connectivity index (χ1v) is 5.32. The summed E-state index contributed by atoms with van der Waals surface area (Å²) >= 11 is 5.71. The van der Waals surface area contributed by atoms with Gasteiger partial charge in [-0.3, -0.25) is 4.79 Å². The van der Waals surface area contributed by atoms with Crippen molar-refractivity contribution in [1.82, 2.24) is 5.32 Å². The van der Waals surface area contributed by atoms with Gasteiger partial charge in [-0.25, -0.2) is 4.79 Å². The lowest BCUT2D eigenvalue weighted by Crippen LogP contribution is -2.41. The molecule has 0 fully saturated rings. The van der Waals surface area contributed by atoms with Crippen LogP contribution in [0.4, 0.5) is 0 Å². The third-order valence-electron chi connectivity index (χ3n) is 2.11. The van der Waals surface area contributed by atoms with Crippen LogP contribution in [0.2, 0.25) is 5.02 Å². The molecular formula is C11H12ClNO4. The third kappa shape index (κ3) is 4.05. The molecule has 1 rings (SSSR count). The molecule has 0 spiro atoms. The number of aliphatic carboxylic acids is 1. The number of aliphatic hydroxyl groups excluding tert-OH is 1. The summed E-state index contributed by atoms with van der Waals surface area (Å²) in [5, 5.41) is 20.2. The quantitative estimate of drug-likeness (QED) is 0.732. The second-order valence-corrected chi connectivity index (χ2v) is 3.82. The highest BCUT2D eigenvalue weighted by Crippen LogP contribution is 2.10. The molecule has 5 nitrogen and oxygen atoms in total. The molecular weight excluding hydrogens is 246 g/mol. The molecule has 0 bridgehead atoms. The third-order valence-corrected chi connectivity index (χ3v) is 2.34. The standard InChI is InChI=1S/C11H12ClNO4/c12-8-3-1-2-7(6-8)10(15)13-9(4-5-14)11(16)17/h1-3,6,9,14H,4-5H2,(H,13,15)(H,16,17)/t9-/m0/s1. The highest BCUT2D eigenvalue weighted by atomic mass is 35.5. The highest BCUT2D eigenvalue weighted by molar-refractivity contribution is 6.30. The number of amides is 1. The van der Waals surface area contributed by atoms with Gasteiger partial charge in [0.1, 0.15) is 6.04 Å². The molecule has 92 valence electrons. The van der Waals surface area contributed by atoms with E-state index in [-0.39, 0.29) is 18.6 Å². The fourth-order valence-corrected chi connectivity index (χ4v) is 1.45. The van der Waals surface area contributed by atoms with Crippen molar-refractivity contribution in [2.24, 2.45) is 0 Å². The average molecular weight is 258 g/mol. The fourth-order valence-electron chi connectivity index (χ4n) is 1.26. The summed E-state index contributed by atoms with van der Waals surface area (Å²) in [5.74, 6) is -1.72. The summed E-state index contributed by atoms with van der Waals surface area (Å²) in [4.78, 5) is 22.4. The van der Waals surface area contributed by atoms with Crippen molar-refractivity contribution in [2.45, 2.75) is 12.5 Å². The van der Waals surface area contributed by atoms with Crippen LogP contribution in [0.5, 0.6) is 0 Å². The number of nitrogens with one attached hydrogen (secondary N) is 1. The molecule has 6 heteroatoms. The average Bonchev–Trinajstić information content (AvgIpc) is 2.28. The maximum Gasteiger partial charge on any atom is 0.326 e. The van der Waals surface area contributed by atoms with Crippen LogP contribution >= 0.6 is 11.6 Å². The van der Waals surface area contributed by atoms with E-state index < -0.39 is 17.9 Å². The first kappa shape index (κ1) is 13.5. The van der Waals surface area contributed by atoms with Crippen LogP contribution in [-0.2, 0) is 4.79 Å². The van der Waals surface area contributed by atoms with Gasteiger partial charge in [0.15, 0.2) is 0 Å². The Morgan fingerprint density at radius 3 is 2.65 bits per heavy atom. The Morgan fingerprint density at radius 2 is 2.12 bits per heavy atom. The Hall–Kier alpha value is -1.59. The number of halogens is 1. The predicted molar refractivity (Wildman–Crippen MR) is 62.0 cm³/mol. The zero-order valence-corrected chi connectivity index (χ0v) is 9.65. The maximum absolute atomic E-state index is 11.7. The number of carboxylic acid groups (broad SMARTS) is 1. The number of aliphatic hydroxyl groups is 1. The second kappa shape index (κ2) is 6.22. The molecule has 1 atom stereocenters. The smallest absolute Gasteiger partial charge is 0.326 e. The lowest BCUT2D eigenvalue weighted by molar-refractivity contribution is -0.139. The Balaban J connectivity index is 2.73. The Bertz CT molecular complexity index is 422. The summed E-state index contributed by atoms with van der Waals surface area (Å²) < 4.78 is 0. The number of hydrogen-bond acceptors (Lipinski definition) is 3. The van der Waals surface area contributed by atoms with E-state index in [9.17, 15) is 9.59 Å². The molecule has 0 saturated carbocycles. The summed E-state index contributed by atoms with van der Waals surface area (Å²) in [6.07, 6.45) is -0.0400. The zero-order chi connectivity index (χ0) is 12.8. The van der Waals surface area contributed by atoms with E-state index in [0.717, 1.165) is 0 Å². The van der Waals surface area contributed by atoms with E-state index in [1.807, 2.05) is 0 Å². The molecule has 0 unspecified atom stereocenters.